The van der Waals surface area contributed by atoms with Gasteiger partial charge in [-0.3, -0.25) is 15.0 Å². The van der Waals surface area contributed by atoms with Crippen molar-refractivity contribution >= 4 is 17.5 Å². The molecule has 18 heavy (non-hydrogen) atoms. The van der Waals surface area contributed by atoms with Crippen LogP contribution in [0.2, 0.25) is 0 Å². The quantitative estimate of drug-likeness (QED) is 0.526. The molecule has 2 rings (SSSR count). The minimum absolute atomic E-state index is 0.00312. The van der Waals surface area contributed by atoms with Gasteiger partial charge in [-0.15, -0.1) is 0 Å². The highest BCUT2D eigenvalue weighted by Crippen LogP contribution is 2.20. The van der Waals surface area contributed by atoms with Gasteiger partial charge < -0.3 is 9.90 Å². The number of nitro groups is 1. The Balaban J connectivity index is 2.01. The van der Waals surface area contributed by atoms with Gasteiger partial charge in [0, 0.05) is 24.0 Å². The molecule has 7 heteroatoms. The monoisotopic (exact) mass is 251 g/mol. The number of pyridine rings is 1. The van der Waals surface area contributed by atoms with E-state index >= 15 is 0 Å². The zero-order valence-electron chi connectivity index (χ0n) is 9.67. The van der Waals surface area contributed by atoms with E-state index in [1.54, 1.807) is 6.07 Å². The van der Waals surface area contributed by atoms with Crippen LogP contribution in [0.3, 0.4) is 0 Å². The number of hydrogen-bond acceptors (Lipinski definition) is 5. The number of aromatic amines is 1. The number of nitrogens with zero attached hydrogens (tertiary/aromatic N) is 2. The molecule has 0 aliphatic carbocycles. The van der Waals surface area contributed by atoms with Crippen molar-refractivity contribution in [2.75, 3.05) is 18.0 Å². The number of anilines is 1. The van der Waals surface area contributed by atoms with Gasteiger partial charge in [-0.1, -0.05) is 0 Å². The van der Waals surface area contributed by atoms with Crippen molar-refractivity contribution in [2.24, 2.45) is 5.92 Å². The first-order valence-electron chi connectivity index (χ1n) is 5.70. The molecule has 0 saturated carbocycles. The van der Waals surface area contributed by atoms with Crippen molar-refractivity contribution in [3.63, 3.8) is 0 Å². The Morgan fingerprint density at radius 1 is 1.39 bits per heavy atom. The van der Waals surface area contributed by atoms with E-state index in [0.717, 1.165) is 5.82 Å². The van der Waals surface area contributed by atoms with Crippen LogP contribution in [0.4, 0.5) is 11.5 Å². The molecule has 0 bridgehead atoms. The zero-order valence-corrected chi connectivity index (χ0v) is 9.67. The number of carboxylic acid groups (broad SMARTS) is 1. The molecule has 1 aliphatic rings. The fraction of sp³-hybridized carbons (Fsp3) is 0.455. The molecule has 0 aromatic carbocycles. The molecule has 0 unspecified atom stereocenters. The van der Waals surface area contributed by atoms with Crippen molar-refractivity contribution < 1.29 is 19.8 Å². The highest BCUT2D eigenvalue weighted by molar-refractivity contribution is 5.68. The summed E-state index contributed by atoms with van der Waals surface area (Å²) in [7, 11) is 0. The first-order chi connectivity index (χ1) is 8.58. The summed E-state index contributed by atoms with van der Waals surface area (Å²) in [5.41, 5.74) is 0.00312. The van der Waals surface area contributed by atoms with Gasteiger partial charge in [0.15, 0.2) is 6.20 Å². The fourth-order valence-corrected chi connectivity index (χ4v) is 2.07. The first kappa shape index (κ1) is 12.3. The summed E-state index contributed by atoms with van der Waals surface area (Å²) in [5, 5.41) is 21.2. The number of hydrogen-bond donors (Lipinski definition) is 0. The summed E-state index contributed by atoms with van der Waals surface area (Å²) in [6.45, 7) is 1.21. The first-order valence-corrected chi connectivity index (χ1v) is 5.70. The average molecular weight is 251 g/mol. The van der Waals surface area contributed by atoms with E-state index in [1.165, 1.54) is 12.3 Å². The third-order valence-corrected chi connectivity index (χ3v) is 3.16. The molecule has 2 heterocycles. The van der Waals surface area contributed by atoms with Gasteiger partial charge in [0.25, 0.3) is 5.82 Å². The number of nitrogens with one attached hydrogen (secondary N) is 1. The number of aliphatic carboxylic acids is 1. The molecule has 0 atom stereocenters. The predicted octanol–water partition coefficient (Wildman–Crippen LogP) is -0.625. The molecule has 1 aromatic heterocycles. The number of carboxylic acids is 1. The van der Waals surface area contributed by atoms with Gasteiger partial charge in [0.05, 0.1) is 18.0 Å². The maximum atomic E-state index is 10.7. The summed E-state index contributed by atoms with van der Waals surface area (Å²) < 4.78 is 0. The number of piperidine rings is 1. The Morgan fingerprint density at radius 2 is 2.06 bits per heavy atom. The SMILES string of the molecule is O=C([O-])C1CCN(c2ccc([N+](=O)[O-])c[nH+]2)CC1. The van der Waals surface area contributed by atoms with Crippen LogP contribution in [0.1, 0.15) is 12.8 Å². The van der Waals surface area contributed by atoms with Crippen molar-refractivity contribution in [3.05, 3.63) is 28.4 Å². The van der Waals surface area contributed by atoms with Gasteiger partial charge in [0.1, 0.15) is 0 Å². The molecule has 0 radical (unpaired) electrons. The number of aromatic nitrogens is 1. The molecular formula is C11H13N3O4. The van der Waals surface area contributed by atoms with Crippen molar-refractivity contribution in [3.8, 4) is 0 Å². The molecule has 1 aliphatic heterocycles. The van der Waals surface area contributed by atoms with E-state index in [2.05, 4.69) is 4.98 Å². The van der Waals surface area contributed by atoms with Crippen LogP contribution in [0.5, 0.6) is 0 Å². The summed E-state index contributed by atoms with van der Waals surface area (Å²) in [6, 6.07) is 3.06. The molecule has 1 N–H and O–H groups in total. The molecule has 0 amide bonds. The van der Waals surface area contributed by atoms with Crippen LogP contribution in [0.25, 0.3) is 0 Å². The normalized spacial score (nSPS) is 16.6. The van der Waals surface area contributed by atoms with Crippen LogP contribution in [0, 0.1) is 16.0 Å². The second-order valence-corrected chi connectivity index (χ2v) is 4.27. The standard InChI is InChI=1S/C11H13N3O4/c15-11(16)8-3-5-13(6-4-8)10-2-1-9(7-12-10)14(17)18/h1-2,7-8H,3-6H2,(H,15,16). The Morgan fingerprint density at radius 3 is 2.50 bits per heavy atom. The Hall–Kier alpha value is -2.18. The average Bonchev–Trinajstić information content (AvgIpc) is 2.39. The number of carbonyl (C=O) groups is 1. The highest BCUT2D eigenvalue weighted by Gasteiger charge is 2.26. The molecular weight excluding hydrogens is 238 g/mol. The lowest BCUT2D eigenvalue weighted by Crippen LogP contribution is -2.42. The van der Waals surface area contributed by atoms with Gasteiger partial charge in [-0.25, -0.2) is 4.98 Å². The van der Waals surface area contributed by atoms with Crippen LogP contribution in [-0.4, -0.2) is 24.0 Å². The van der Waals surface area contributed by atoms with E-state index in [-0.39, 0.29) is 11.6 Å². The molecule has 1 aromatic rings. The fourth-order valence-electron chi connectivity index (χ4n) is 2.07. The van der Waals surface area contributed by atoms with E-state index in [1.807, 2.05) is 4.90 Å². The van der Waals surface area contributed by atoms with E-state index in [4.69, 9.17) is 0 Å². The Kier molecular flexibility index (Phi) is 3.40. The van der Waals surface area contributed by atoms with Gasteiger partial charge >= 0.3 is 5.69 Å². The second kappa shape index (κ2) is 4.99. The zero-order chi connectivity index (χ0) is 13.1. The van der Waals surface area contributed by atoms with Gasteiger partial charge in [-0.2, -0.15) is 0 Å². The van der Waals surface area contributed by atoms with Crippen LogP contribution in [0.15, 0.2) is 18.3 Å². The third-order valence-electron chi connectivity index (χ3n) is 3.16. The summed E-state index contributed by atoms with van der Waals surface area (Å²) in [4.78, 5) is 25.6. The van der Waals surface area contributed by atoms with Gasteiger partial charge in [-0.05, 0) is 12.8 Å². The summed E-state index contributed by atoms with van der Waals surface area (Å²) in [6.07, 6.45) is 2.40. The van der Waals surface area contributed by atoms with Crippen LogP contribution < -0.4 is 15.0 Å². The lowest BCUT2D eigenvalue weighted by atomic mass is 9.97. The Bertz CT molecular complexity index is 452. The predicted molar refractivity (Wildman–Crippen MR) is 59.6 cm³/mol. The lowest BCUT2D eigenvalue weighted by molar-refractivity contribution is -0.414. The van der Waals surface area contributed by atoms with Crippen LogP contribution >= 0.6 is 0 Å². The maximum Gasteiger partial charge on any atom is 0.308 e. The van der Waals surface area contributed by atoms with E-state index in [9.17, 15) is 20.0 Å². The molecule has 96 valence electrons. The minimum Gasteiger partial charge on any atom is -0.550 e. The van der Waals surface area contributed by atoms with E-state index < -0.39 is 10.9 Å². The summed E-state index contributed by atoms with van der Waals surface area (Å²) >= 11 is 0. The van der Waals surface area contributed by atoms with Crippen molar-refractivity contribution in [1.29, 1.82) is 0 Å². The van der Waals surface area contributed by atoms with Crippen LogP contribution in [-0.2, 0) is 4.79 Å². The number of carbonyl (C=O) groups excluding carboxylic acids is 1. The largest absolute Gasteiger partial charge is 0.550 e. The van der Waals surface area contributed by atoms with Gasteiger partial charge in [0.2, 0.25) is 0 Å². The molecule has 7 nitrogen and oxygen atoms in total. The molecule has 1 fully saturated rings. The van der Waals surface area contributed by atoms with E-state index in [0.29, 0.717) is 25.9 Å². The van der Waals surface area contributed by atoms with Crippen molar-refractivity contribution in [1.82, 2.24) is 0 Å². The smallest absolute Gasteiger partial charge is 0.308 e. The maximum absolute atomic E-state index is 10.7. The number of H-pyrrole nitrogens is 1. The molecule has 0 spiro atoms. The topological polar surface area (TPSA) is 101 Å². The number of rotatable bonds is 3. The summed E-state index contributed by atoms with van der Waals surface area (Å²) in [5.74, 6) is -0.626. The second-order valence-electron chi connectivity index (χ2n) is 4.27. The minimum atomic E-state index is -0.998. The third kappa shape index (κ3) is 2.55. The van der Waals surface area contributed by atoms with Crippen molar-refractivity contribution in [2.45, 2.75) is 12.8 Å². The molecule has 1 saturated heterocycles. The highest BCUT2D eigenvalue weighted by atomic mass is 16.6. The lowest BCUT2D eigenvalue weighted by Gasteiger charge is -2.27. The Labute approximate surface area is 103 Å².